The summed E-state index contributed by atoms with van der Waals surface area (Å²) in [6.07, 6.45) is 5.74. The van der Waals surface area contributed by atoms with Crippen molar-refractivity contribution in [3.8, 4) is 0 Å². The van der Waals surface area contributed by atoms with Crippen LogP contribution in [0.15, 0.2) is 83.3 Å². The topological polar surface area (TPSA) is 53.8 Å². The lowest BCUT2D eigenvalue weighted by atomic mass is 9.91. The Labute approximate surface area is 224 Å². The third-order valence-corrected chi connectivity index (χ3v) is 8.18. The Balaban J connectivity index is 1.40. The van der Waals surface area contributed by atoms with Crippen LogP contribution in [-0.2, 0) is 17.8 Å². The molecule has 1 aliphatic heterocycles. The van der Waals surface area contributed by atoms with Gasteiger partial charge in [0.15, 0.2) is 5.76 Å². The van der Waals surface area contributed by atoms with Crippen LogP contribution in [-0.4, -0.2) is 34.2 Å². The zero-order valence-corrected chi connectivity index (χ0v) is 21.9. The molecule has 38 heavy (non-hydrogen) atoms. The summed E-state index contributed by atoms with van der Waals surface area (Å²) in [5, 5.41) is 0.870. The van der Waals surface area contributed by atoms with Gasteiger partial charge < -0.3 is 4.42 Å². The van der Waals surface area contributed by atoms with Gasteiger partial charge in [-0.2, -0.15) is 0 Å². The minimum Gasteiger partial charge on any atom is -0.451 e. The number of fused-ring (bicyclic) bond motifs is 2. The van der Waals surface area contributed by atoms with Crippen LogP contribution >= 0.6 is 0 Å². The van der Waals surface area contributed by atoms with E-state index in [9.17, 15) is 9.59 Å². The number of imide groups is 1. The van der Waals surface area contributed by atoms with Gasteiger partial charge in [-0.05, 0) is 55.0 Å². The molecule has 2 amide bonds. The first-order valence-corrected chi connectivity index (χ1v) is 13.8. The maximum absolute atomic E-state index is 14.7. The van der Waals surface area contributed by atoms with Crippen LogP contribution in [0.1, 0.15) is 71.0 Å². The molecule has 6 rings (SSSR count). The molecule has 1 fully saturated rings. The van der Waals surface area contributed by atoms with Crippen LogP contribution in [0.5, 0.6) is 0 Å². The van der Waals surface area contributed by atoms with Gasteiger partial charge in [0.25, 0.3) is 11.8 Å². The van der Waals surface area contributed by atoms with Crippen molar-refractivity contribution in [1.82, 2.24) is 9.80 Å². The number of amides is 2. The molecule has 4 aromatic rings. The molecule has 0 bridgehead atoms. The molecule has 2 heterocycles. The van der Waals surface area contributed by atoms with E-state index in [4.69, 9.17) is 4.42 Å². The molecular formula is C33H34N2O3. The van der Waals surface area contributed by atoms with E-state index in [0.29, 0.717) is 12.1 Å². The van der Waals surface area contributed by atoms with Crippen LogP contribution in [0.2, 0.25) is 0 Å². The van der Waals surface area contributed by atoms with Gasteiger partial charge in [0.1, 0.15) is 11.6 Å². The smallest absolute Gasteiger partial charge is 0.296 e. The van der Waals surface area contributed by atoms with Gasteiger partial charge in [0.05, 0.1) is 0 Å². The lowest BCUT2D eigenvalue weighted by Crippen LogP contribution is -2.51. The Kier molecular flexibility index (Phi) is 6.86. The predicted octanol–water partition coefficient (Wildman–Crippen LogP) is 6.84. The fraction of sp³-hybridized carbons (Fsp3) is 0.333. The second-order valence-corrected chi connectivity index (χ2v) is 10.8. The van der Waals surface area contributed by atoms with Gasteiger partial charge in [0.2, 0.25) is 0 Å². The number of hydrogen-bond acceptors (Lipinski definition) is 4. The third kappa shape index (κ3) is 4.79. The van der Waals surface area contributed by atoms with Gasteiger partial charge in [-0.15, -0.1) is 0 Å². The minimum absolute atomic E-state index is 0.123. The average Bonchev–Trinajstić information content (AvgIpc) is 3.39. The molecule has 5 heteroatoms. The van der Waals surface area contributed by atoms with Crippen molar-refractivity contribution in [2.75, 3.05) is 6.54 Å². The Bertz CT molecular complexity index is 1420. The molecule has 5 nitrogen and oxygen atoms in total. The quantitative estimate of drug-likeness (QED) is 0.297. The van der Waals surface area contributed by atoms with Crippen molar-refractivity contribution < 1.29 is 14.0 Å². The standard InChI is InChI=1S/C33H34N2O3/c1-23-15-17-25(18-16-23)31(34-20-19-24-9-5-6-11-27(24)22-34)33(37)35(28-12-3-2-4-13-28)32(36)30-21-26-10-7-8-14-29(26)38-30/h5-11,14-18,21,28,31H,2-4,12-13,19-20,22H2,1H3. The van der Waals surface area contributed by atoms with Crippen LogP contribution in [0, 0.1) is 6.92 Å². The lowest BCUT2D eigenvalue weighted by Gasteiger charge is -2.40. The normalized spacial score (nSPS) is 17.2. The molecule has 1 saturated carbocycles. The Morgan fingerprint density at radius 2 is 1.61 bits per heavy atom. The molecule has 0 radical (unpaired) electrons. The van der Waals surface area contributed by atoms with Crippen LogP contribution < -0.4 is 0 Å². The summed E-state index contributed by atoms with van der Waals surface area (Å²) < 4.78 is 5.99. The van der Waals surface area contributed by atoms with Gasteiger partial charge in [-0.1, -0.05) is 91.6 Å². The average molecular weight is 507 g/mol. The first kappa shape index (κ1) is 24.6. The third-order valence-electron chi connectivity index (χ3n) is 8.18. The number of carbonyl (C=O) groups is 2. The van der Waals surface area contributed by atoms with Gasteiger partial charge in [-0.3, -0.25) is 19.4 Å². The zero-order chi connectivity index (χ0) is 26.1. The molecule has 1 aromatic heterocycles. The number of para-hydroxylation sites is 1. The van der Waals surface area contributed by atoms with Crippen molar-refractivity contribution in [1.29, 1.82) is 0 Å². The summed E-state index contributed by atoms with van der Waals surface area (Å²) in [6, 6.07) is 25.4. The Morgan fingerprint density at radius 1 is 0.895 bits per heavy atom. The molecule has 2 aliphatic rings. The lowest BCUT2D eigenvalue weighted by molar-refractivity contribution is -0.137. The van der Waals surface area contributed by atoms with Gasteiger partial charge in [-0.25, -0.2) is 0 Å². The Morgan fingerprint density at radius 3 is 2.37 bits per heavy atom. The largest absolute Gasteiger partial charge is 0.451 e. The molecule has 3 aromatic carbocycles. The first-order valence-electron chi connectivity index (χ1n) is 13.8. The molecule has 0 spiro atoms. The molecule has 0 saturated heterocycles. The van der Waals surface area contributed by atoms with Crippen molar-refractivity contribution >= 4 is 22.8 Å². The summed E-state index contributed by atoms with van der Waals surface area (Å²) in [4.78, 5) is 32.6. The van der Waals surface area contributed by atoms with Crippen molar-refractivity contribution in [3.63, 3.8) is 0 Å². The highest BCUT2D eigenvalue weighted by Gasteiger charge is 2.40. The number of benzene rings is 3. The summed E-state index contributed by atoms with van der Waals surface area (Å²) in [5.41, 5.74) is 5.32. The van der Waals surface area contributed by atoms with E-state index in [1.54, 1.807) is 11.0 Å². The zero-order valence-electron chi connectivity index (χ0n) is 21.9. The highest BCUT2D eigenvalue weighted by Crippen LogP contribution is 2.34. The molecule has 1 aliphatic carbocycles. The van der Waals surface area contributed by atoms with Gasteiger partial charge in [0, 0.05) is 24.5 Å². The molecule has 194 valence electrons. The monoisotopic (exact) mass is 506 g/mol. The number of furan rings is 1. The number of nitrogens with zero attached hydrogens (tertiary/aromatic N) is 2. The Hall–Kier alpha value is -3.70. The fourth-order valence-electron chi connectivity index (χ4n) is 6.12. The SMILES string of the molecule is Cc1ccc(C(C(=O)N(C(=O)c2cc3ccccc3o2)C2CCCCC2)N2CCc3ccccc3C2)cc1. The van der Waals surface area contributed by atoms with Crippen molar-refractivity contribution in [2.24, 2.45) is 0 Å². The number of aryl methyl sites for hydroxylation is 1. The fourth-order valence-corrected chi connectivity index (χ4v) is 6.12. The van der Waals surface area contributed by atoms with Crippen LogP contribution in [0.3, 0.4) is 0 Å². The van der Waals surface area contributed by atoms with E-state index in [2.05, 4.69) is 48.2 Å². The maximum Gasteiger partial charge on any atom is 0.296 e. The first-order chi connectivity index (χ1) is 18.6. The molecule has 1 unspecified atom stereocenters. The van der Waals surface area contributed by atoms with Crippen molar-refractivity contribution in [3.05, 3.63) is 107 Å². The van der Waals surface area contributed by atoms with Crippen molar-refractivity contribution in [2.45, 2.75) is 64.1 Å². The highest BCUT2D eigenvalue weighted by atomic mass is 16.3. The van der Waals surface area contributed by atoms with Gasteiger partial charge >= 0.3 is 0 Å². The summed E-state index contributed by atoms with van der Waals surface area (Å²) in [5.74, 6) is -0.241. The van der Waals surface area contributed by atoms with E-state index in [-0.39, 0.29) is 23.6 Å². The summed E-state index contributed by atoms with van der Waals surface area (Å²) in [6.45, 7) is 3.49. The van der Waals surface area contributed by atoms with E-state index in [1.807, 2.05) is 36.4 Å². The van der Waals surface area contributed by atoms with Crippen LogP contribution in [0.4, 0.5) is 0 Å². The second kappa shape index (κ2) is 10.6. The number of carbonyl (C=O) groups excluding carboxylic acids is 2. The van der Waals surface area contributed by atoms with E-state index in [1.165, 1.54) is 11.1 Å². The number of hydrogen-bond donors (Lipinski definition) is 0. The van der Waals surface area contributed by atoms with Crippen LogP contribution in [0.25, 0.3) is 11.0 Å². The summed E-state index contributed by atoms with van der Waals surface area (Å²) in [7, 11) is 0. The van der Waals surface area contributed by atoms with E-state index in [0.717, 1.165) is 61.6 Å². The molecule has 0 N–H and O–H groups in total. The number of rotatable bonds is 5. The highest BCUT2D eigenvalue weighted by molar-refractivity contribution is 6.06. The molecular weight excluding hydrogens is 472 g/mol. The summed E-state index contributed by atoms with van der Waals surface area (Å²) >= 11 is 0. The second-order valence-electron chi connectivity index (χ2n) is 10.8. The minimum atomic E-state index is -0.542. The van der Waals surface area contributed by atoms with E-state index >= 15 is 0 Å². The maximum atomic E-state index is 14.7. The van der Waals surface area contributed by atoms with E-state index < -0.39 is 6.04 Å². The molecule has 1 atom stereocenters. The predicted molar refractivity (Wildman–Crippen MR) is 149 cm³/mol.